The summed E-state index contributed by atoms with van der Waals surface area (Å²) in [5.41, 5.74) is 9.66. The summed E-state index contributed by atoms with van der Waals surface area (Å²) < 4.78 is 2.39. The van der Waals surface area contributed by atoms with Crippen LogP contribution in [-0.2, 0) is 0 Å². The number of aromatic nitrogens is 5. The zero-order chi connectivity index (χ0) is 30.5. The van der Waals surface area contributed by atoms with Crippen molar-refractivity contribution in [3.05, 3.63) is 158 Å². The van der Waals surface area contributed by atoms with Crippen LogP contribution in [0.25, 0.3) is 83.7 Å². The Kier molecular flexibility index (Phi) is 6.06. The maximum absolute atomic E-state index is 5.00. The molecule has 0 aliphatic heterocycles. The minimum absolute atomic E-state index is 0.637. The predicted octanol–water partition coefficient (Wildman–Crippen LogP) is 10.1. The van der Waals surface area contributed by atoms with Crippen LogP contribution in [0.2, 0.25) is 0 Å². The molecule has 1 N–H and O–H groups in total. The lowest BCUT2D eigenvalue weighted by Crippen LogP contribution is -2.00. The van der Waals surface area contributed by atoms with Gasteiger partial charge in [-0.25, -0.2) is 15.0 Å². The standard InChI is InChI=1S/C41H27N5/c1-4-13-27(14-5-1)39-43-40(28-15-6-2-7-16-28)45-41(44-39)30-18-12-17-29(25-30)34-26-35-32(23-24-42-35)38-37(34)33-21-10-11-22-36(33)46(38)31-19-8-3-9-20-31/h1-26,42H. The van der Waals surface area contributed by atoms with Crippen molar-refractivity contribution in [2.45, 2.75) is 0 Å². The quantitative estimate of drug-likeness (QED) is 0.217. The minimum Gasteiger partial charge on any atom is -0.361 e. The van der Waals surface area contributed by atoms with Crippen LogP contribution < -0.4 is 0 Å². The van der Waals surface area contributed by atoms with Crippen molar-refractivity contribution in [2.75, 3.05) is 0 Å². The second kappa shape index (κ2) is 10.7. The maximum atomic E-state index is 5.00. The third-order valence-electron chi connectivity index (χ3n) is 8.61. The van der Waals surface area contributed by atoms with Crippen LogP contribution >= 0.6 is 0 Å². The second-order valence-electron chi connectivity index (χ2n) is 11.4. The summed E-state index contributed by atoms with van der Waals surface area (Å²) >= 11 is 0. The van der Waals surface area contributed by atoms with E-state index in [2.05, 4.69) is 101 Å². The zero-order valence-electron chi connectivity index (χ0n) is 24.8. The molecule has 3 aromatic heterocycles. The fourth-order valence-electron chi connectivity index (χ4n) is 6.53. The van der Waals surface area contributed by atoms with Crippen molar-refractivity contribution < 1.29 is 0 Å². The smallest absolute Gasteiger partial charge is 0.164 e. The molecule has 0 unspecified atom stereocenters. The first-order valence-electron chi connectivity index (χ1n) is 15.4. The summed E-state index contributed by atoms with van der Waals surface area (Å²) in [6.45, 7) is 0. The molecule has 0 radical (unpaired) electrons. The number of hydrogen-bond acceptors (Lipinski definition) is 3. The lowest BCUT2D eigenvalue weighted by molar-refractivity contribution is 1.07. The molecular formula is C41H27N5. The van der Waals surface area contributed by atoms with Crippen LogP contribution in [0.15, 0.2) is 158 Å². The van der Waals surface area contributed by atoms with Crippen molar-refractivity contribution in [3.8, 4) is 51.0 Å². The molecule has 0 amide bonds. The first-order valence-corrected chi connectivity index (χ1v) is 15.4. The Bertz CT molecular complexity index is 2460. The Labute approximate surface area is 265 Å². The highest BCUT2D eigenvalue weighted by atomic mass is 15.0. The van der Waals surface area contributed by atoms with E-state index in [-0.39, 0.29) is 0 Å². The van der Waals surface area contributed by atoms with E-state index in [1.807, 2.05) is 66.9 Å². The number of benzene rings is 6. The van der Waals surface area contributed by atoms with Gasteiger partial charge in [-0.1, -0.05) is 115 Å². The van der Waals surface area contributed by atoms with Crippen LogP contribution in [0.4, 0.5) is 0 Å². The first kappa shape index (κ1) is 26.1. The molecule has 3 heterocycles. The van der Waals surface area contributed by atoms with E-state index in [1.165, 1.54) is 27.2 Å². The molecular weight excluding hydrogens is 562 g/mol. The molecule has 0 spiro atoms. The van der Waals surface area contributed by atoms with Crippen LogP contribution in [0.1, 0.15) is 0 Å². The molecule has 216 valence electrons. The lowest BCUT2D eigenvalue weighted by Gasteiger charge is -2.12. The summed E-state index contributed by atoms with van der Waals surface area (Å²) in [6.07, 6.45) is 2.03. The summed E-state index contributed by atoms with van der Waals surface area (Å²) in [6, 6.07) is 52.5. The third kappa shape index (κ3) is 4.29. The number of rotatable bonds is 5. The van der Waals surface area contributed by atoms with Gasteiger partial charge >= 0.3 is 0 Å². The van der Waals surface area contributed by atoms with Gasteiger partial charge in [0.15, 0.2) is 17.5 Å². The van der Waals surface area contributed by atoms with Gasteiger partial charge in [-0.15, -0.1) is 0 Å². The van der Waals surface area contributed by atoms with Crippen molar-refractivity contribution in [1.82, 2.24) is 24.5 Å². The Morgan fingerprint density at radius 2 is 1.02 bits per heavy atom. The fraction of sp³-hybridized carbons (Fsp3) is 0. The molecule has 0 saturated heterocycles. The molecule has 6 aromatic carbocycles. The number of nitrogens with zero attached hydrogens (tertiary/aromatic N) is 4. The number of para-hydroxylation sites is 2. The van der Waals surface area contributed by atoms with Gasteiger partial charge in [0.25, 0.3) is 0 Å². The monoisotopic (exact) mass is 589 g/mol. The zero-order valence-corrected chi connectivity index (χ0v) is 24.8. The van der Waals surface area contributed by atoms with Gasteiger partial charge in [0.05, 0.1) is 11.0 Å². The average Bonchev–Trinajstić information content (AvgIpc) is 3.75. The van der Waals surface area contributed by atoms with E-state index in [4.69, 9.17) is 15.0 Å². The summed E-state index contributed by atoms with van der Waals surface area (Å²) in [4.78, 5) is 18.4. The fourth-order valence-corrected chi connectivity index (χ4v) is 6.53. The van der Waals surface area contributed by atoms with Gasteiger partial charge in [-0.05, 0) is 47.5 Å². The van der Waals surface area contributed by atoms with Crippen LogP contribution in [0.5, 0.6) is 0 Å². The molecule has 9 aromatic rings. The largest absolute Gasteiger partial charge is 0.361 e. The third-order valence-corrected chi connectivity index (χ3v) is 8.61. The second-order valence-corrected chi connectivity index (χ2v) is 11.4. The van der Waals surface area contributed by atoms with E-state index >= 15 is 0 Å². The van der Waals surface area contributed by atoms with Crippen molar-refractivity contribution in [1.29, 1.82) is 0 Å². The molecule has 0 bridgehead atoms. The minimum atomic E-state index is 0.637. The molecule has 0 aliphatic carbocycles. The maximum Gasteiger partial charge on any atom is 0.164 e. The Morgan fingerprint density at radius 1 is 0.457 bits per heavy atom. The average molecular weight is 590 g/mol. The van der Waals surface area contributed by atoms with Crippen LogP contribution in [0.3, 0.4) is 0 Å². The van der Waals surface area contributed by atoms with Crippen LogP contribution in [0, 0.1) is 0 Å². The molecule has 0 atom stereocenters. The highest BCUT2D eigenvalue weighted by Crippen LogP contribution is 2.43. The van der Waals surface area contributed by atoms with Gasteiger partial charge in [0.2, 0.25) is 0 Å². The van der Waals surface area contributed by atoms with Crippen molar-refractivity contribution >= 4 is 32.7 Å². The molecule has 0 aliphatic rings. The lowest BCUT2D eigenvalue weighted by atomic mass is 9.96. The van der Waals surface area contributed by atoms with E-state index in [0.29, 0.717) is 17.5 Å². The normalized spacial score (nSPS) is 11.5. The Balaban J connectivity index is 1.29. The first-order chi connectivity index (χ1) is 22.8. The van der Waals surface area contributed by atoms with E-state index in [0.717, 1.165) is 39.0 Å². The summed E-state index contributed by atoms with van der Waals surface area (Å²) in [5.74, 6) is 1.94. The Morgan fingerprint density at radius 3 is 1.72 bits per heavy atom. The highest BCUT2D eigenvalue weighted by Gasteiger charge is 2.20. The number of H-pyrrole nitrogens is 1. The van der Waals surface area contributed by atoms with E-state index in [1.54, 1.807) is 0 Å². The molecule has 46 heavy (non-hydrogen) atoms. The van der Waals surface area contributed by atoms with Crippen molar-refractivity contribution in [3.63, 3.8) is 0 Å². The van der Waals surface area contributed by atoms with E-state index < -0.39 is 0 Å². The topological polar surface area (TPSA) is 59.4 Å². The van der Waals surface area contributed by atoms with Gasteiger partial charge in [-0.2, -0.15) is 0 Å². The SMILES string of the molecule is c1ccc(-c2nc(-c3ccccc3)nc(-c3cccc(-c4cc5[nH]ccc5c5c4c4ccccc4n5-c4ccccc4)c3)n2)cc1. The Hall–Kier alpha value is -6.33. The highest BCUT2D eigenvalue weighted by molar-refractivity contribution is 6.23. The molecule has 5 nitrogen and oxygen atoms in total. The molecule has 9 rings (SSSR count). The summed E-state index contributed by atoms with van der Waals surface area (Å²) in [7, 11) is 0. The van der Waals surface area contributed by atoms with Gasteiger partial charge in [0.1, 0.15) is 0 Å². The van der Waals surface area contributed by atoms with Crippen LogP contribution in [-0.4, -0.2) is 24.5 Å². The molecule has 5 heteroatoms. The van der Waals surface area contributed by atoms with Crippen molar-refractivity contribution in [2.24, 2.45) is 0 Å². The van der Waals surface area contributed by atoms with Gasteiger partial charge in [-0.3, -0.25) is 0 Å². The molecule has 0 fully saturated rings. The predicted molar refractivity (Wildman–Crippen MR) is 188 cm³/mol. The van der Waals surface area contributed by atoms with Gasteiger partial charge < -0.3 is 9.55 Å². The number of fused-ring (bicyclic) bond motifs is 5. The van der Waals surface area contributed by atoms with Gasteiger partial charge in [0, 0.05) is 50.2 Å². The van der Waals surface area contributed by atoms with E-state index in [9.17, 15) is 0 Å². The number of nitrogens with one attached hydrogen (secondary N) is 1. The molecule has 0 saturated carbocycles. The number of hydrogen-bond donors (Lipinski definition) is 1. The summed E-state index contributed by atoms with van der Waals surface area (Å²) in [5, 5.41) is 3.62. The number of aromatic amines is 1.